The number of benzene rings is 1. The third-order valence-corrected chi connectivity index (χ3v) is 6.00. The summed E-state index contributed by atoms with van der Waals surface area (Å²) in [6.07, 6.45) is -3.33. The van der Waals surface area contributed by atoms with E-state index in [9.17, 15) is 23.2 Å². The number of carbonyl (C=O) groups is 1. The lowest BCUT2D eigenvalue weighted by atomic mass is 10.0. The highest BCUT2D eigenvalue weighted by Crippen LogP contribution is 2.27. The second-order valence-corrected chi connectivity index (χ2v) is 10.7. The van der Waals surface area contributed by atoms with E-state index in [0.29, 0.717) is 32.2 Å². The fourth-order valence-corrected chi connectivity index (χ4v) is 4.38. The van der Waals surface area contributed by atoms with Gasteiger partial charge in [-0.15, -0.1) is 10.2 Å². The van der Waals surface area contributed by atoms with E-state index >= 15 is 0 Å². The number of thiocarbonyl (C=S) groups is 1. The van der Waals surface area contributed by atoms with Crippen LogP contribution in [0.25, 0.3) is 5.82 Å². The molecule has 1 amide bonds. The second-order valence-electron chi connectivity index (χ2n) is 9.87. The van der Waals surface area contributed by atoms with Gasteiger partial charge in [-0.05, 0) is 68.8 Å². The van der Waals surface area contributed by atoms with Crippen molar-refractivity contribution in [2.24, 2.45) is 0 Å². The lowest BCUT2D eigenvalue weighted by Crippen LogP contribution is -2.40. The molecular formula is C25H22ClF3N10OS. The number of rotatable bonds is 6. The molecule has 3 heterocycles. The van der Waals surface area contributed by atoms with Crippen LogP contribution in [0, 0.1) is 18.3 Å². The van der Waals surface area contributed by atoms with Crippen molar-refractivity contribution in [1.82, 2.24) is 40.3 Å². The molecule has 0 aliphatic heterocycles. The average molecular weight is 603 g/mol. The number of halogens is 4. The lowest BCUT2D eigenvalue weighted by Gasteiger charge is -2.24. The number of anilines is 1. The van der Waals surface area contributed by atoms with Gasteiger partial charge < -0.3 is 10.6 Å². The molecule has 0 bridgehead atoms. The Morgan fingerprint density at radius 3 is 2.54 bits per heavy atom. The van der Waals surface area contributed by atoms with Crippen LogP contribution in [0.1, 0.15) is 59.5 Å². The summed E-state index contributed by atoms with van der Waals surface area (Å²) in [5.74, 6) is -1.96. The fraction of sp³-hybridized carbons (Fsp3) is 0.280. The first-order chi connectivity index (χ1) is 19.2. The van der Waals surface area contributed by atoms with Gasteiger partial charge in [-0.3, -0.25) is 4.79 Å². The van der Waals surface area contributed by atoms with Crippen LogP contribution in [-0.4, -0.2) is 51.4 Å². The Kier molecular flexibility index (Phi) is 8.09. The first kappa shape index (κ1) is 29.6. The molecule has 0 fully saturated rings. The van der Waals surface area contributed by atoms with Gasteiger partial charge in [0.05, 0.1) is 28.0 Å². The van der Waals surface area contributed by atoms with E-state index in [1.807, 2.05) is 20.8 Å². The van der Waals surface area contributed by atoms with Gasteiger partial charge in [0.15, 0.2) is 5.82 Å². The van der Waals surface area contributed by atoms with Crippen LogP contribution in [0.3, 0.4) is 0 Å². The Balaban J connectivity index is 1.76. The van der Waals surface area contributed by atoms with Gasteiger partial charge in [-0.2, -0.15) is 28.3 Å². The number of pyridine rings is 1. The number of aromatic nitrogens is 7. The molecule has 4 aromatic rings. The minimum atomic E-state index is -4.77. The molecule has 0 saturated heterocycles. The van der Waals surface area contributed by atoms with Crippen molar-refractivity contribution < 1.29 is 18.0 Å². The van der Waals surface area contributed by atoms with E-state index in [1.54, 1.807) is 31.2 Å². The second kappa shape index (κ2) is 11.2. The summed E-state index contributed by atoms with van der Waals surface area (Å²) in [7, 11) is 0. The lowest BCUT2D eigenvalue weighted by molar-refractivity contribution is -0.145. The van der Waals surface area contributed by atoms with Gasteiger partial charge in [0.2, 0.25) is 0 Å². The van der Waals surface area contributed by atoms with Crippen molar-refractivity contribution in [3.63, 3.8) is 0 Å². The summed E-state index contributed by atoms with van der Waals surface area (Å²) in [6.45, 7) is 7.12. The molecule has 0 spiro atoms. The van der Waals surface area contributed by atoms with Gasteiger partial charge in [-0.1, -0.05) is 23.8 Å². The Morgan fingerprint density at radius 2 is 1.93 bits per heavy atom. The maximum Gasteiger partial charge on any atom is 0.455 e. The monoisotopic (exact) mass is 602 g/mol. The number of nitrogens with one attached hydrogen (secondary N) is 2. The molecule has 2 N–H and O–H groups in total. The van der Waals surface area contributed by atoms with Crippen LogP contribution in [-0.2, 0) is 12.7 Å². The van der Waals surface area contributed by atoms with Crippen LogP contribution < -0.4 is 10.6 Å². The summed E-state index contributed by atoms with van der Waals surface area (Å²) in [6, 6.07) is 9.73. The predicted molar refractivity (Wildman–Crippen MR) is 147 cm³/mol. The largest absolute Gasteiger partial charge is 0.455 e. The Labute approximate surface area is 242 Å². The quantitative estimate of drug-likeness (QED) is 0.306. The Hall–Kier alpha value is -4.42. The van der Waals surface area contributed by atoms with Gasteiger partial charge in [0, 0.05) is 17.3 Å². The standard InChI is InChI=1S/C25H22ClF3N10OS/c1-13-8-14(11-30)9-16(22(41)33-24(2,3)4)19(13)32-21(40)18-10-15(12-38-36-23(34-37-38)25(27,28)29)35-39(18)20-17(26)6-5-7-31-20/h5-10H,12H2,1-4H3,(H,32,40)(H,33,41). The summed E-state index contributed by atoms with van der Waals surface area (Å²) >= 11 is 11.9. The Bertz CT molecular complexity index is 1680. The zero-order chi connectivity index (χ0) is 30.1. The minimum absolute atomic E-state index is 0.0406. The molecule has 0 aliphatic rings. The molecule has 0 atom stereocenters. The Morgan fingerprint density at radius 1 is 1.20 bits per heavy atom. The first-order valence-corrected chi connectivity index (χ1v) is 12.7. The average Bonchev–Trinajstić information content (AvgIpc) is 3.52. The number of hydrogen-bond donors (Lipinski definition) is 2. The van der Waals surface area contributed by atoms with Crippen LogP contribution >= 0.6 is 23.8 Å². The molecule has 1 aromatic carbocycles. The number of carbonyl (C=O) groups excluding carboxylic acids is 1. The molecule has 41 heavy (non-hydrogen) atoms. The smallest absolute Gasteiger partial charge is 0.371 e. The molecule has 0 radical (unpaired) electrons. The van der Waals surface area contributed by atoms with Crippen molar-refractivity contribution in [3.05, 3.63) is 75.5 Å². The van der Waals surface area contributed by atoms with Crippen LogP contribution in [0.15, 0.2) is 36.5 Å². The van der Waals surface area contributed by atoms with Gasteiger partial charge in [-0.25, -0.2) is 9.67 Å². The molecule has 0 aliphatic carbocycles. The molecule has 16 heteroatoms. The van der Waals surface area contributed by atoms with Crippen molar-refractivity contribution in [3.8, 4) is 11.9 Å². The highest BCUT2D eigenvalue weighted by Gasteiger charge is 2.37. The zero-order valence-electron chi connectivity index (χ0n) is 22.1. The number of nitrogens with zero attached hydrogens (tertiary/aromatic N) is 8. The number of aryl methyl sites for hydroxylation is 1. The molecule has 4 rings (SSSR count). The third-order valence-electron chi connectivity index (χ3n) is 5.38. The van der Waals surface area contributed by atoms with E-state index in [0.717, 1.165) is 0 Å². The summed E-state index contributed by atoms with van der Waals surface area (Å²) < 4.78 is 40.0. The van der Waals surface area contributed by atoms with E-state index in [1.165, 1.54) is 16.9 Å². The van der Waals surface area contributed by atoms with Gasteiger partial charge in [0.1, 0.15) is 17.2 Å². The highest BCUT2D eigenvalue weighted by molar-refractivity contribution is 7.80. The normalized spacial score (nSPS) is 11.7. The number of tetrazole rings is 1. The summed E-state index contributed by atoms with van der Waals surface area (Å²) in [4.78, 5) is 18.9. The molecule has 0 unspecified atom stereocenters. The van der Waals surface area contributed by atoms with Crippen molar-refractivity contribution in [2.45, 2.75) is 46.0 Å². The first-order valence-electron chi connectivity index (χ1n) is 11.9. The molecule has 3 aromatic heterocycles. The van der Waals surface area contributed by atoms with Crippen molar-refractivity contribution in [1.29, 1.82) is 5.26 Å². The van der Waals surface area contributed by atoms with E-state index in [4.69, 9.17) is 23.8 Å². The van der Waals surface area contributed by atoms with Crippen LogP contribution in [0.5, 0.6) is 0 Å². The van der Waals surface area contributed by atoms with Gasteiger partial charge in [0.25, 0.3) is 11.7 Å². The maximum atomic E-state index is 13.7. The van der Waals surface area contributed by atoms with E-state index < -0.39 is 23.4 Å². The number of amides is 1. The number of alkyl halides is 3. The molecule has 11 nitrogen and oxygen atoms in total. The summed E-state index contributed by atoms with van der Waals surface area (Å²) in [5, 5.41) is 29.8. The maximum absolute atomic E-state index is 13.7. The fourth-order valence-electron chi connectivity index (χ4n) is 3.71. The topological polar surface area (TPSA) is 139 Å². The summed E-state index contributed by atoms with van der Waals surface area (Å²) in [5.41, 5.74) is 1.38. The van der Waals surface area contributed by atoms with Crippen LogP contribution in [0.2, 0.25) is 5.02 Å². The molecular weight excluding hydrogens is 581 g/mol. The minimum Gasteiger partial charge on any atom is -0.371 e. The van der Waals surface area contributed by atoms with Crippen molar-refractivity contribution >= 4 is 40.4 Å². The van der Waals surface area contributed by atoms with Gasteiger partial charge >= 0.3 is 6.18 Å². The zero-order valence-corrected chi connectivity index (χ0v) is 23.6. The van der Waals surface area contributed by atoms with E-state index in [-0.39, 0.29) is 28.8 Å². The third kappa shape index (κ3) is 6.84. The SMILES string of the molecule is Cc1cc(C#N)cc(C(=S)NC(C)(C)C)c1NC(=O)c1cc(Cn2nnc(C(F)(F)F)n2)nn1-c1ncccc1Cl. The number of hydrogen-bond acceptors (Lipinski definition) is 8. The van der Waals surface area contributed by atoms with Crippen molar-refractivity contribution in [2.75, 3.05) is 5.32 Å². The number of nitriles is 1. The predicted octanol–water partition coefficient (Wildman–Crippen LogP) is 4.47. The van der Waals surface area contributed by atoms with E-state index in [2.05, 4.69) is 42.2 Å². The molecule has 0 saturated carbocycles. The highest BCUT2D eigenvalue weighted by atomic mass is 35.5. The molecule has 212 valence electrons. The van der Waals surface area contributed by atoms with Crippen LogP contribution in [0.4, 0.5) is 18.9 Å².